The standard InChI is InChI=1S/C43H27N3O/c1-2-13-35-28(8-1)9-6-15-36(35)29-17-19-30(20-18-29)39-26-40(32-21-22-42-38(25-32)37-14-3-4-16-41(37)47-42)46-43(45-39)33-11-5-10-31(24-33)34-12-7-23-44-27-34/h1-27H. The van der Waals surface area contributed by atoms with Crippen molar-refractivity contribution in [3.05, 3.63) is 164 Å². The van der Waals surface area contributed by atoms with Crippen molar-refractivity contribution in [1.29, 1.82) is 0 Å². The van der Waals surface area contributed by atoms with Crippen LogP contribution in [0.3, 0.4) is 0 Å². The molecule has 3 aromatic heterocycles. The van der Waals surface area contributed by atoms with Crippen molar-refractivity contribution in [3.63, 3.8) is 0 Å². The third kappa shape index (κ3) is 4.93. The van der Waals surface area contributed by atoms with Crippen LogP contribution in [-0.2, 0) is 0 Å². The Hall–Kier alpha value is -6.39. The molecule has 9 rings (SSSR count). The summed E-state index contributed by atoms with van der Waals surface area (Å²) < 4.78 is 6.12. The first-order valence-electron chi connectivity index (χ1n) is 15.7. The van der Waals surface area contributed by atoms with Gasteiger partial charge < -0.3 is 4.42 Å². The second-order valence-electron chi connectivity index (χ2n) is 11.7. The average molecular weight is 602 g/mol. The lowest BCUT2D eigenvalue weighted by molar-refractivity contribution is 0.669. The molecule has 9 aromatic rings. The fourth-order valence-electron chi connectivity index (χ4n) is 6.43. The second kappa shape index (κ2) is 11.2. The number of fused-ring (bicyclic) bond motifs is 4. The predicted molar refractivity (Wildman–Crippen MR) is 192 cm³/mol. The van der Waals surface area contributed by atoms with Crippen molar-refractivity contribution >= 4 is 32.7 Å². The number of furan rings is 1. The minimum atomic E-state index is 0.665. The first-order valence-corrected chi connectivity index (χ1v) is 15.7. The number of rotatable bonds is 5. The topological polar surface area (TPSA) is 51.8 Å². The summed E-state index contributed by atoms with van der Waals surface area (Å²) in [5.41, 5.74) is 10.9. The summed E-state index contributed by atoms with van der Waals surface area (Å²) in [6.07, 6.45) is 3.67. The third-order valence-corrected chi connectivity index (χ3v) is 8.80. The van der Waals surface area contributed by atoms with E-state index < -0.39 is 0 Å². The summed E-state index contributed by atoms with van der Waals surface area (Å²) in [5.74, 6) is 0.665. The number of para-hydroxylation sites is 1. The van der Waals surface area contributed by atoms with Gasteiger partial charge in [0.25, 0.3) is 0 Å². The number of aromatic nitrogens is 3. The molecule has 3 heterocycles. The molecule has 4 nitrogen and oxygen atoms in total. The zero-order valence-corrected chi connectivity index (χ0v) is 25.3. The van der Waals surface area contributed by atoms with Crippen molar-refractivity contribution in [2.45, 2.75) is 0 Å². The molecular formula is C43H27N3O. The summed E-state index contributed by atoms with van der Waals surface area (Å²) in [4.78, 5) is 14.6. The highest BCUT2D eigenvalue weighted by atomic mass is 16.3. The van der Waals surface area contributed by atoms with Crippen molar-refractivity contribution in [2.75, 3.05) is 0 Å². The molecule has 0 aliphatic heterocycles. The van der Waals surface area contributed by atoms with Crippen LogP contribution >= 0.6 is 0 Å². The van der Waals surface area contributed by atoms with E-state index in [0.29, 0.717) is 5.82 Å². The molecule has 0 N–H and O–H groups in total. The van der Waals surface area contributed by atoms with E-state index in [9.17, 15) is 0 Å². The van der Waals surface area contributed by atoms with E-state index >= 15 is 0 Å². The fourth-order valence-corrected chi connectivity index (χ4v) is 6.43. The van der Waals surface area contributed by atoms with E-state index in [-0.39, 0.29) is 0 Å². The molecule has 0 aliphatic rings. The molecule has 0 fully saturated rings. The molecule has 0 aliphatic carbocycles. The van der Waals surface area contributed by atoms with E-state index in [2.05, 4.69) is 126 Å². The van der Waals surface area contributed by atoms with Crippen molar-refractivity contribution in [1.82, 2.24) is 15.0 Å². The lowest BCUT2D eigenvalue weighted by Crippen LogP contribution is -1.96. The normalized spacial score (nSPS) is 11.4. The third-order valence-electron chi connectivity index (χ3n) is 8.80. The zero-order chi connectivity index (χ0) is 31.2. The average Bonchev–Trinajstić information content (AvgIpc) is 3.53. The van der Waals surface area contributed by atoms with Gasteiger partial charge in [0.1, 0.15) is 11.2 Å². The smallest absolute Gasteiger partial charge is 0.160 e. The molecule has 4 heteroatoms. The molecule has 220 valence electrons. The Bertz CT molecular complexity index is 2560. The van der Waals surface area contributed by atoms with E-state index in [4.69, 9.17) is 14.4 Å². The Kier molecular flexibility index (Phi) is 6.43. The van der Waals surface area contributed by atoms with Gasteiger partial charge in [-0.05, 0) is 69.9 Å². The van der Waals surface area contributed by atoms with E-state index in [1.165, 1.54) is 21.9 Å². The number of hydrogen-bond acceptors (Lipinski definition) is 4. The van der Waals surface area contributed by atoms with Crippen LogP contribution in [0.25, 0.3) is 88.9 Å². The van der Waals surface area contributed by atoms with Gasteiger partial charge in [0.15, 0.2) is 5.82 Å². The van der Waals surface area contributed by atoms with Gasteiger partial charge in [0.05, 0.1) is 11.4 Å². The number of benzene rings is 6. The first-order chi connectivity index (χ1) is 23.3. The fraction of sp³-hybridized carbons (Fsp3) is 0. The van der Waals surface area contributed by atoms with Crippen LogP contribution in [0, 0.1) is 0 Å². The maximum Gasteiger partial charge on any atom is 0.160 e. The van der Waals surface area contributed by atoms with Crippen LogP contribution < -0.4 is 0 Å². The van der Waals surface area contributed by atoms with Crippen molar-refractivity contribution in [3.8, 4) is 56.2 Å². The molecule has 6 aromatic carbocycles. The highest BCUT2D eigenvalue weighted by molar-refractivity contribution is 6.06. The van der Waals surface area contributed by atoms with E-state index in [0.717, 1.165) is 61.1 Å². The molecule has 0 unspecified atom stereocenters. The molecule has 0 saturated carbocycles. The van der Waals surface area contributed by atoms with Crippen molar-refractivity contribution in [2.24, 2.45) is 0 Å². The van der Waals surface area contributed by atoms with Gasteiger partial charge in [0, 0.05) is 45.4 Å². The van der Waals surface area contributed by atoms with Gasteiger partial charge in [-0.25, -0.2) is 9.97 Å². The van der Waals surface area contributed by atoms with Crippen LogP contribution in [0.2, 0.25) is 0 Å². The summed E-state index contributed by atoms with van der Waals surface area (Å²) in [6.45, 7) is 0. The van der Waals surface area contributed by atoms with Gasteiger partial charge in [0.2, 0.25) is 0 Å². The summed E-state index contributed by atoms with van der Waals surface area (Å²) in [7, 11) is 0. The minimum Gasteiger partial charge on any atom is -0.456 e. The quantitative estimate of drug-likeness (QED) is 0.197. The lowest BCUT2D eigenvalue weighted by atomic mass is 9.97. The predicted octanol–water partition coefficient (Wildman–Crippen LogP) is 11.3. The van der Waals surface area contributed by atoms with Crippen molar-refractivity contribution < 1.29 is 4.42 Å². The highest BCUT2D eigenvalue weighted by Gasteiger charge is 2.14. The number of hydrogen-bond donors (Lipinski definition) is 0. The Morgan fingerprint density at radius 1 is 0.404 bits per heavy atom. The minimum absolute atomic E-state index is 0.665. The van der Waals surface area contributed by atoms with Gasteiger partial charge in [-0.1, -0.05) is 109 Å². The first kappa shape index (κ1) is 27.0. The summed E-state index contributed by atoms with van der Waals surface area (Å²) in [6, 6.07) is 52.6. The van der Waals surface area contributed by atoms with E-state index in [1.54, 1.807) is 6.20 Å². The Morgan fingerprint density at radius 3 is 1.96 bits per heavy atom. The van der Waals surface area contributed by atoms with E-state index in [1.807, 2.05) is 36.5 Å². The van der Waals surface area contributed by atoms with Crippen LogP contribution in [0.4, 0.5) is 0 Å². The maximum absolute atomic E-state index is 6.12. The molecule has 47 heavy (non-hydrogen) atoms. The monoisotopic (exact) mass is 601 g/mol. The molecule has 0 bridgehead atoms. The Labute approximate surface area is 271 Å². The van der Waals surface area contributed by atoms with Crippen LogP contribution in [0.15, 0.2) is 168 Å². The molecule has 0 amide bonds. The lowest BCUT2D eigenvalue weighted by Gasteiger charge is -2.12. The summed E-state index contributed by atoms with van der Waals surface area (Å²) >= 11 is 0. The largest absolute Gasteiger partial charge is 0.456 e. The second-order valence-corrected chi connectivity index (χ2v) is 11.7. The number of nitrogens with zero attached hydrogens (tertiary/aromatic N) is 3. The number of pyridine rings is 1. The SMILES string of the molecule is c1cncc(-c2cccc(-c3nc(-c4ccc(-c5cccc6ccccc56)cc4)cc(-c4ccc5oc6ccccc6c5c4)n3)c2)c1. The molecule has 0 atom stereocenters. The molecule has 0 spiro atoms. The van der Waals surface area contributed by atoms with Crippen LogP contribution in [0.5, 0.6) is 0 Å². The van der Waals surface area contributed by atoms with Gasteiger partial charge in [-0.15, -0.1) is 0 Å². The highest BCUT2D eigenvalue weighted by Crippen LogP contribution is 2.35. The Balaban J connectivity index is 1.19. The van der Waals surface area contributed by atoms with Gasteiger partial charge >= 0.3 is 0 Å². The molecule has 0 saturated heterocycles. The molecule has 0 radical (unpaired) electrons. The maximum atomic E-state index is 6.12. The van der Waals surface area contributed by atoms with Gasteiger partial charge in [-0.3, -0.25) is 4.98 Å². The zero-order valence-electron chi connectivity index (χ0n) is 25.3. The Morgan fingerprint density at radius 2 is 1.09 bits per heavy atom. The van der Waals surface area contributed by atoms with Crippen LogP contribution in [0.1, 0.15) is 0 Å². The summed E-state index contributed by atoms with van der Waals surface area (Å²) in [5, 5.41) is 4.63. The van der Waals surface area contributed by atoms with Crippen LogP contribution in [-0.4, -0.2) is 15.0 Å². The molecular weight excluding hydrogens is 574 g/mol. The van der Waals surface area contributed by atoms with Gasteiger partial charge in [-0.2, -0.15) is 0 Å².